The second-order valence-electron chi connectivity index (χ2n) is 4.50. The molecule has 0 radical (unpaired) electrons. The van der Waals surface area contributed by atoms with Crippen molar-refractivity contribution in [2.75, 3.05) is 13.1 Å². The molecule has 0 bridgehead atoms. The number of amides is 1. The van der Waals surface area contributed by atoms with Gasteiger partial charge >= 0.3 is 12.1 Å². The molecular formula is C11H9BrF3NO4. The van der Waals surface area contributed by atoms with Gasteiger partial charge in [0.15, 0.2) is 10.1 Å². The number of hydrogen-bond acceptors (Lipinski definition) is 3. The Kier molecular flexibility index (Phi) is 3.57. The normalized spacial score (nSPS) is 23.1. The van der Waals surface area contributed by atoms with Crippen molar-refractivity contribution in [1.82, 2.24) is 4.90 Å². The largest absolute Gasteiger partial charge is 0.481 e. The fraction of sp³-hybridized carbons (Fsp3) is 0.455. The summed E-state index contributed by atoms with van der Waals surface area (Å²) in [6.07, 6.45) is -4.47. The highest BCUT2D eigenvalue weighted by Crippen LogP contribution is 2.46. The molecule has 1 aromatic rings. The lowest BCUT2D eigenvalue weighted by molar-refractivity contribution is -0.227. The van der Waals surface area contributed by atoms with E-state index in [1.165, 1.54) is 6.07 Å². The number of hydrogen-bond donors (Lipinski definition) is 1. The zero-order valence-corrected chi connectivity index (χ0v) is 11.5. The number of carboxylic acids is 1. The van der Waals surface area contributed by atoms with Crippen molar-refractivity contribution in [3.8, 4) is 0 Å². The molecule has 0 spiro atoms. The molecule has 2 rings (SSSR count). The van der Waals surface area contributed by atoms with Gasteiger partial charge in [0, 0.05) is 19.2 Å². The Morgan fingerprint density at radius 1 is 1.45 bits per heavy atom. The van der Waals surface area contributed by atoms with Crippen LogP contribution in [0.3, 0.4) is 0 Å². The lowest BCUT2D eigenvalue weighted by atomic mass is 9.86. The number of rotatable bonds is 2. The number of alkyl halides is 3. The van der Waals surface area contributed by atoms with E-state index in [1.54, 1.807) is 0 Å². The summed E-state index contributed by atoms with van der Waals surface area (Å²) in [5.74, 6) is -2.65. The van der Waals surface area contributed by atoms with Crippen LogP contribution in [0, 0.1) is 5.41 Å². The number of carboxylic acid groups (broad SMARTS) is 1. The predicted molar refractivity (Wildman–Crippen MR) is 63.1 cm³/mol. The molecule has 0 aliphatic carbocycles. The molecule has 0 aromatic carbocycles. The molecule has 2 heterocycles. The van der Waals surface area contributed by atoms with Crippen LogP contribution in [0.5, 0.6) is 0 Å². The molecule has 1 atom stereocenters. The zero-order chi connectivity index (χ0) is 15.1. The van der Waals surface area contributed by atoms with Crippen LogP contribution in [0.25, 0.3) is 0 Å². The van der Waals surface area contributed by atoms with Crippen LogP contribution in [-0.4, -0.2) is 41.1 Å². The van der Waals surface area contributed by atoms with Gasteiger partial charge in [-0.2, -0.15) is 13.2 Å². The molecule has 1 aromatic heterocycles. The first-order chi connectivity index (χ1) is 9.17. The molecule has 1 saturated heterocycles. The number of carbonyl (C=O) groups is 2. The van der Waals surface area contributed by atoms with Crippen LogP contribution in [0.4, 0.5) is 13.2 Å². The number of nitrogens with zero attached hydrogens (tertiary/aromatic N) is 1. The van der Waals surface area contributed by atoms with E-state index in [1.807, 2.05) is 0 Å². The van der Waals surface area contributed by atoms with E-state index in [-0.39, 0.29) is 16.8 Å². The first-order valence-electron chi connectivity index (χ1n) is 5.51. The van der Waals surface area contributed by atoms with Gasteiger partial charge in [0.25, 0.3) is 5.91 Å². The topological polar surface area (TPSA) is 70.8 Å². The van der Waals surface area contributed by atoms with Gasteiger partial charge in [-0.1, -0.05) is 0 Å². The Labute approximate surface area is 119 Å². The summed E-state index contributed by atoms with van der Waals surface area (Å²) in [6.45, 7) is -1.17. The van der Waals surface area contributed by atoms with Crippen LogP contribution in [0.1, 0.15) is 16.8 Å². The summed E-state index contributed by atoms with van der Waals surface area (Å²) >= 11 is 2.97. The van der Waals surface area contributed by atoms with Crippen molar-refractivity contribution < 1.29 is 32.3 Å². The van der Waals surface area contributed by atoms with Crippen molar-refractivity contribution in [2.45, 2.75) is 12.6 Å². The second-order valence-corrected chi connectivity index (χ2v) is 5.28. The third kappa shape index (κ3) is 2.30. The van der Waals surface area contributed by atoms with E-state index < -0.39 is 36.4 Å². The molecule has 1 aliphatic rings. The van der Waals surface area contributed by atoms with Crippen molar-refractivity contribution in [2.24, 2.45) is 5.41 Å². The highest BCUT2D eigenvalue weighted by Gasteiger charge is 2.64. The van der Waals surface area contributed by atoms with E-state index in [2.05, 4.69) is 15.9 Å². The van der Waals surface area contributed by atoms with E-state index in [0.29, 0.717) is 0 Å². The minimum absolute atomic E-state index is 0.0697. The average Bonchev–Trinajstić information content (AvgIpc) is 2.93. The lowest BCUT2D eigenvalue weighted by Gasteiger charge is -2.27. The van der Waals surface area contributed by atoms with Crippen LogP contribution in [-0.2, 0) is 4.79 Å². The molecule has 0 saturated carbocycles. The third-order valence-corrected chi connectivity index (χ3v) is 3.74. The minimum atomic E-state index is -4.91. The Balaban J connectivity index is 2.23. The van der Waals surface area contributed by atoms with E-state index in [9.17, 15) is 22.8 Å². The van der Waals surface area contributed by atoms with Crippen molar-refractivity contribution in [3.63, 3.8) is 0 Å². The summed E-state index contributed by atoms with van der Waals surface area (Å²) in [6, 6.07) is 1.32. The van der Waals surface area contributed by atoms with Gasteiger partial charge in [-0.3, -0.25) is 9.59 Å². The maximum atomic E-state index is 13.0. The van der Waals surface area contributed by atoms with Gasteiger partial charge < -0.3 is 14.4 Å². The summed E-state index contributed by atoms with van der Waals surface area (Å²) in [7, 11) is 0. The monoisotopic (exact) mass is 355 g/mol. The lowest BCUT2D eigenvalue weighted by Crippen LogP contribution is -2.47. The summed E-state index contributed by atoms with van der Waals surface area (Å²) in [5.41, 5.74) is -2.83. The first-order valence-corrected chi connectivity index (χ1v) is 6.30. The van der Waals surface area contributed by atoms with Gasteiger partial charge in [-0.25, -0.2) is 0 Å². The number of likely N-dealkylation sites (tertiary alicyclic amines) is 1. The molecule has 1 unspecified atom stereocenters. The molecule has 1 N–H and O–H groups in total. The highest BCUT2D eigenvalue weighted by atomic mass is 79.9. The van der Waals surface area contributed by atoms with Crippen LogP contribution in [0.15, 0.2) is 21.4 Å². The fourth-order valence-corrected chi connectivity index (χ4v) is 2.46. The van der Waals surface area contributed by atoms with Gasteiger partial charge in [0.05, 0.1) is 5.56 Å². The smallest absolute Gasteiger partial charge is 0.406 e. The maximum absolute atomic E-state index is 13.0. The molecule has 110 valence electrons. The molecular weight excluding hydrogens is 347 g/mol. The Morgan fingerprint density at radius 2 is 2.10 bits per heavy atom. The summed E-state index contributed by atoms with van der Waals surface area (Å²) in [5, 5.41) is 8.89. The quantitative estimate of drug-likeness (QED) is 0.884. The highest BCUT2D eigenvalue weighted by molar-refractivity contribution is 9.10. The maximum Gasteiger partial charge on any atom is 0.406 e. The Bertz CT molecular complexity index is 556. The number of furan rings is 1. The molecule has 1 aliphatic heterocycles. The Morgan fingerprint density at radius 3 is 2.50 bits per heavy atom. The summed E-state index contributed by atoms with van der Waals surface area (Å²) in [4.78, 5) is 23.9. The van der Waals surface area contributed by atoms with E-state index in [4.69, 9.17) is 9.52 Å². The Hall–Kier alpha value is -1.51. The first kappa shape index (κ1) is 14.9. The second kappa shape index (κ2) is 4.80. The van der Waals surface area contributed by atoms with Crippen LogP contribution < -0.4 is 0 Å². The SMILES string of the molecule is O=C(c1coc(Br)c1)N1CCC(C(=O)O)(C(F)(F)F)C1. The van der Waals surface area contributed by atoms with Gasteiger partial charge in [0.1, 0.15) is 6.26 Å². The molecule has 9 heteroatoms. The van der Waals surface area contributed by atoms with Crippen molar-refractivity contribution >= 4 is 27.8 Å². The van der Waals surface area contributed by atoms with E-state index in [0.717, 1.165) is 11.2 Å². The number of halogens is 4. The standard InChI is InChI=1S/C11H9BrF3NO4/c12-7-3-6(4-20-7)8(17)16-2-1-10(5-16,9(18)19)11(13,14)15/h3-4H,1-2,5H2,(H,18,19). The number of carbonyl (C=O) groups excluding carboxylic acids is 1. The predicted octanol–water partition coefficient (Wildman–Crippen LogP) is 2.52. The van der Waals surface area contributed by atoms with Crippen molar-refractivity contribution in [3.05, 3.63) is 22.6 Å². The minimum Gasteiger partial charge on any atom is -0.481 e. The molecule has 5 nitrogen and oxygen atoms in total. The van der Waals surface area contributed by atoms with Crippen LogP contribution in [0.2, 0.25) is 0 Å². The fourth-order valence-electron chi connectivity index (χ4n) is 2.12. The summed E-state index contributed by atoms with van der Waals surface area (Å²) < 4.78 is 44.0. The molecule has 20 heavy (non-hydrogen) atoms. The number of aliphatic carboxylic acids is 1. The van der Waals surface area contributed by atoms with Gasteiger partial charge in [-0.05, 0) is 22.4 Å². The average molecular weight is 356 g/mol. The van der Waals surface area contributed by atoms with Gasteiger partial charge in [0.2, 0.25) is 0 Å². The van der Waals surface area contributed by atoms with Crippen molar-refractivity contribution in [1.29, 1.82) is 0 Å². The molecule has 1 fully saturated rings. The van der Waals surface area contributed by atoms with E-state index >= 15 is 0 Å². The van der Waals surface area contributed by atoms with Crippen LogP contribution >= 0.6 is 15.9 Å². The third-order valence-electron chi connectivity index (χ3n) is 3.32. The van der Waals surface area contributed by atoms with Gasteiger partial charge in [-0.15, -0.1) is 0 Å². The molecule has 1 amide bonds. The zero-order valence-electron chi connectivity index (χ0n) is 9.91.